The lowest BCUT2D eigenvalue weighted by atomic mass is 10.2. The van der Waals surface area contributed by atoms with Crippen LogP contribution < -0.4 is 10.5 Å². The molecule has 14 heavy (non-hydrogen) atoms. The molecular weight excluding hydrogens is 198 g/mol. The van der Waals surface area contributed by atoms with Crippen molar-refractivity contribution in [3.63, 3.8) is 0 Å². The van der Waals surface area contributed by atoms with Gasteiger partial charge in [-0.15, -0.1) is 0 Å². The highest BCUT2D eigenvalue weighted by Gasteiger charge is 2.00. The zero-order chi connectivity index (χ0) is 10.4. The molecular formula is C11H16ClNO. The topological polar surface area (TPSA) is 35.2 Å². The molecule has 1 rings (SSSR count). The van der Waals surface area contributed by atoms with Crippen LogP contribution in [0.5, 0.6) is 5.75 Å². The van der Waals surface area contributed by atoms with Crippen LogP contribution in [0.15, 0.2) is 18.2 Å². The summed E-state index contributed by atoms with van der Waals surface area (Å²) in [6, 6.07) is 5.28. The van der Waals surface area contributed by atoms with Crippen LogP contribution >= 0.6 is 11.6 Å². The molecule has 0 radical (unpaired) electrons. The van der Waals surface area contributed by atoms with E-state index in [1.807, 2.05) is 0 Å². The number of hydrogen-bond donors (Lipinski definition) is 1. The Morgan fingerprint density at radius 3 is 2.86 bits per heavy atom. The van der Waals surface area contributed by atoms with Crippen LogP contribution in [0.4, 0.5) is 5.69 Å². The number of nitrogens with two attached hydrogens (primary N) is 1. The summed E-state index contributed by atoms with van der Waals surface area (Å²) in [6.07, 6.45) is 3.43. The van der Waals surface area contributed by atoms with Crippen molar-refractivity contribution >= 4 is 17.3 Å². The SMILES string of the molecule is CCCCCOc1cc(N)ccc1Cl. The van der Waals surface area contributed by atoms with Crippen molar-refractivity contribution in [2.24, 2.45) is 0 Å². The maximum Gasteiger partial charge on any atom is 0.139 e. The van der Waals surface area contributed by atoms with E-state index >= 15 is 0 Å². The average Bonchev–Trinajstić information content (AvgIpc) is 2.18. The van der Waals surface area contributed by atoms with Gasteiger partial charge < -0.3 is 10.5 Å². The molecule has 0 aliphatic rings. The quantitative estimate of drug-likeness (QED) is 0.600. The van der Waals surface area contributed by atoms with Crippen LogP contribution in [0.2, 0.25) is 5.02 Å². The van der Waals surface area contributed by atoms with Crippen LogP contribution in [0, 0.1) is 0 Å². The lowest BCUT2D eigenvalue weighted by Gasteiger charge is -2.07. The van der Waals surface area contributed by atoms with E-state index in [2.05, 4.69) is 6.92 Å². The van der Waals surface area contributed by atoms with E-state index < -0.39 is 0 Å². The second-order valence-electron chi connectivity index (χ2n) is 3.25. The third kappa shape index (κ3) is 3.46. The summed E-state index contributed by atoms with van der Waals surface area (Å²) >= 11 is 5.93. The van der Waals surface area contributed by atoms with E-state index in [0.29, 0.717) is 23.1 Å². The van der Waals surface area contributed by atoms with Gasteiger partial charge in [0.1, 0.15) is 5.75 Å². The number of anilines is 1. The Morgan fingerprint density at radius 1 is 1.36 bits per heavy atom. The molecule has 0 saturated heterocycles. The molecule has 78 valence electrons. The molecule has 1 aromatic rings. The highest BCUT2D eigenvalue weighted by Crippen LogP contribution is 2.26. The Morgan fingerprint density at radius 2 is 2.14 bits per heavy atom. The Bertz CT molecular complexity index is 289. The van der Waals surface area contributed by atoms with Gasteiger partial charge in [0, 0.05) is 11.8 Å². The molecule has 2 N–H and O–H groups in total. The average molecular weight is 214 g/mol. The van der Waals surface area contributed by atoms with E-state index in [1.165, 1.54) is 12.8 Å². The third-order valence-corrected chi connectivity index (χ3v) is 2.27. The van der Waals surface area contributed by atoms with Gasteiger partial charge in [0.05, 0.1) is 11.6 Å². The van der Waals surface area contributed by atoms with Crippen molar-refractivity contribution in [2.45, 2.75) is 26.2 Å². The summed E-state index contributed by atoms with van der Waals surface area (Å²) in [5, 5.41) is 0.621. The highest BCUT2D eigenvalue weighted by atomic mass is 35.5. The van der Waals surface area contributed by atoms with Crippen molar-refractivity contribution in [1.29, 1.82) is 0 Å². The highest BCUT2D eigenvalue weighted by molar-refractivity contribution is 6.32. The molecule has 0 bridgehead atoms. The van der Waals surface area contributed by atoms with Crippen molar-refractivity contribution in [3.05, 3.63) is 23.2 Å². The summed E-state index contributed by atoms with van der Waals surface area (Å²) in [6.45, 7) is 2.87. The zero-order valence-corrected chi connectivity index (χ0v) is 9.18. The zero-order valence-electron chi connectivity index (χ0n) is 8.42. The van der Waals surface area contributed by atoms with E-state index in [0.717, 1.165) is 6.42 Å². The molecule has 0 spiro atoms. The molecule has 2 nitrogen and oxygen atoms in total. The maximum atomic E-state index is 5.93. The van der Waals surface area contributed by atoms with Gasteiger partial charge >= 0.3 is 0 Å². The molecule has 0 aliphatic carbocycles. The predicted octanol–water partition coefficient (Wildman–Crippen LogP) is 3.49. The number of ether oxygens (including phenoxy) is 1. The summed E-state index contributed by atoms with van der Waals surface area (Å²) in [5.74, 6) is 0.683. The van der Waals surface area contributed by atoms with Crippen LogP contribution in [0.25, 0.3) is 0 Å². The minimum absolute atomic E-state index is 0.621. The lowest BCUT2D eigenvalue weighted by Crippen LogP contribution is -1.98. The Labute approximate surface area is 90.0 Å². The fraction of sp³-hybridized carbons (Fsp3) is 0.455. The summed E-state index contributed by atoms with van der Waals surface area (Å²) in [7, 11) is 0. The minimum atomic E-state index is 0.621. The van der Waals surface area contributed by atoms with Gasteiger partial charge in [-0.2, -0.15) is 0 Å². The molecule has 0 unspecified atom stereocenters. The van der Waals surface area contributed by atoms with Crippen molar-refractivity contribution < 1.29 is 4.74 Å². The molecule has 1 aromatic carbocycles. The predicted molar refractivity (Wildman–Crippen MR) is 60.9 cm³/mol. The van der Waals surface area contributed by atoms with Gasteiger partial charge in [-0.05, 0) is 18.6 Å². The van der Waals surface area contributed by atoms with Crippen molar-refractivity contribution in [3.8, 4) is 5.75 Å². The van der Waals surface area contributed by atoms with Crippen LogP contribution in [-0.4, -0.2) is 6.61 Å². The first-order valence-electron chi connectivity index (χ1n) is 4.92. The standard InChI is InChI=1S/C11H16ClNO/c1-2-3-4-7-14-11-8-9(13)5-6-10(11)12/h5-6,8H,2-4,7,13H2,1H3. The number of halogens is 1. The van der Waals surface area contributed by atoms with E-state index in [1.54, 1.807) is 18.2 Å². The van der Waals surface area contributed by atoms with Gasteiger partial charge in [0.25, 0.3) is 0 Å². The van der Waals surface area contributed by atoms with Crippen molar-refractivity contribution in [1.82, 2.24) is 0 Å². The normalized spacial score (nSPS) is 10.1. The second kappa shape index (κ2) is 5.76. The number of hydrogen-bond acceptors (Lipinski definition) is 2. The summed E-state index contributed by atoms with van der Waals surface area (Å²) < 4.78 is 5.51. The summed E-state index contributed by atoms with van der Waals surface area (Å²) in [5.41, 5.74) is 6.30. The molecule has 0 aliphatic heterocycles. The minimum Gasteiger partial charge on any atom is -0.492 e. The fourth-order valence-corrected chi connectivity index (χ4v) is 1.34. The smallest absolute Gasteiger partial charge is 0.139 e. The molecule has 0 amide bonds. The first-order valence-corrected chi connectivity index (χ1v) is 5.29. The maximum absolute atomic E-state index is 5.93. The van der Waals surface area contributed by atoms with Crippen LogP contribution in [0.1, 0.15) is 26.2 Å². The first-order chi connectivity index (χ1) is 6.74. The van der Waals surface area contributed by atoms with Gasteiger partial charge in [-0.25, -0.2) is 0 Å². The number of nitrogen functional groups attached to an aromatic ring is 1. The Hall–Kier alpha value is -0.890. The Kier molecular flexibility index (Phi) is 4.60. The molecule has 0 fully saturated rings. The van der Waals surface area contributed by atoms with E-state index in [-0.39, 0.29) is 0 Å². The van der Waals surface area contributed by atoms with E-state index in [9.17, 15) is 0 Å². The fourth-order valence-electron chi connectivity index (χ4n) is 1.16. The monoisotopic (exact) mass is 213 g/mol. The molecule has 3 heteroatoms. The molecule has 0 saturated carbocycles. The lowest BCUT2D eigenvalue weighted by molar-refractivity contribution is 0.306. The largest absolute Gasteiger partial charge is 0.492 e. The molecule has 0 aromatic heterocycles. The molecule has 0 heterocycles. The first kappa shape index (κ1) is 11.2. The number of rotatable bonds is 5. The van der Waals surface area contributed by atoms with Gasteiger partial charge in [0.2, 0.25) is 0 Å². The second-order valence-corrected chi connectivity index (χ2v) is 3.65. The summed E-state index contributed by atoms with van der Waals surface area (Å²) in [4.78, 5) is 0. The number of benzene rings is 1. The van der Waals surface area contributed by atoms with Gasteiger partial charge in [0.15, 0.2) is 0 Å². The van der Waals surface area contributed by atoms with Crippen LogP contribution in [0.3, 0.4) is 0 Å². The molecule has 0 atom stereocenters. The van der Waals surface area contributed by atoms with Gasteiger partial charge in [-0.3, -0.25) is 0 Å². The van der Waals surface area contributed by atoms with E-state index in [4.69, 9.17) is 22.1 Å². The van der Waals surface area contributed by atoms with Crippen LogP contribution in [-0.2, 0) is 0 Å². The van der Waals surface area contributed by atoms with Gasteiger partial charge in [-0.1, -0.05) is 31.4 Å². The number of unbranched alkanes of at least 4 members (excludes halogenated alkanes) is 2. The van der Waals surface area contributed by atoms with Crippen molar-refractivity contribution in [2.75, 3.05) is 12.3 Å². The third-order valence-electron chi connectivity index (χ3n) is 1.96. The Balaban J connectivity index is 2.45.